The maximum absolute atomic E-state index is 12.7. The third-order valence-electron chi connectivity index (χ3n) is 4.70. The molecule has 7 heteroatoms. The topological polar surface area (TPSA) is 84.9 Å². The first-order valence-corrected chi connectivity index (χ1v) is 8.44. The lowest BCUT2D eigenvalue weighted by Crippen LogP contribution is -2.57. The molecular weight excluding hydrogens is 324 g/mol. The first-order valence-electron chi connectivity index (χ1n) is 8.44. The maximum atomic E-state index is 12.7. The normalized spacial score (nSPS) is 22.5. The smallest absolute Gasteiger partial charge is 0.331 e. The van der Waals surface area contributed by atoms with Crippen molar-refractivity contribution in [2.45, 2.75) is 31.7 Å². The number of hydrogen-bond acceptors (Lipinski definition) is 5. The number of urea groups is 1. The van der Waals surface area contributed by atoms with Crippen LogP contribution >= 0.6 is 0 Å². The van der Waals surface area contributed by atoms with Crippen molar-refractivity contribution < 1.29 is 23.9 Å². The molecule has 0 bridgehead atoms. The Morgan fingerprint density at radius 1 is 1.04 bits per heavy atom. The van der Waals surface area contributed by atoms with Crippen LogP contribution in [0.5, 0.6) is 11.5 Å². The van der Waals surface area contributed by atoms with E-state index in [9.17, 15) is 14.4 Å². The highest BCUT2D eigenvalue weighted by atomic mass is 16.6. The summed E-state index contributed by atoms with van der Waals surface area (Å²) in [6.07, 6.45) is 5.02. The molecule has 2 fully saturated rings. The Morgan fingerprint density at radius 3 is 2.52 bits per heavy atom. The maximum Gasteiger partial charge on any atom is 0.331 e. The molecule has 1 N–H and O–H groups in total. The Bertz CT molecular complexity index is 780. The Hall–Kier alpha value is -2.83. The number of nitrogens with zero attached hydrogens (tertiary/aromatic N) is 1. The number of amides is 4. The first-order chi connectivity index (χ1) is 12.1. The standard InChI is InChI=1S/C18H18N2O5/c21-16-13(9-11-5-6-14-15(10-11)25-8-7-24-14)17(22)20(18(23)19-16)12-3-1-2-4-12/h5-6,9-10,12H,1-4,7-8H2,(H,19,21,23)/b13-9+. The molecule has 4 amide bonds. The van der Waals surface area contributed by atoms with Crippen LogP contribution in [0.3, 0.4) is 0 Å². The summed E-state index contributed by atoms with van der Waals surface area (Å²) in [4.78, 5) is 38.2. The van der Waals surface area contributed by atoms with Gasteiger partial charge in [-0.1, -0.05) is 18.9 Å². The van der Waals surface area contributed by atoms with Gasteiger partial charge < -0.3 is 9.47 Å². The molecule has 7 nitrogen and oxygen atoms in total. The van der Waals surface area contributed by atoms with E-state index in [1.54, 1.807) is 18.2 Å². The Labute approximate surface area is 144 Å². The van der Waals surface area contributed by atoms with Crippen molar-refractivity contribution in [3.05, 3.63) is 29.3 Å². The van der Waals surface area contributed by atoms with Crippen molar-refractivity contribution in [2.75, 3.05) is 13.2 Å². The van der Waals surface area contributed by atoms with Crippen LogP contribution in [0, 0.1) is 0 Å². The predicted octanol–water partition coefficient (Wildman–Crippen LogP) is 1.86. The quantitative estimate of drug-likeness (QED) is 0.655. The SMILES string of the molecule is O=C1NC(=O)N(C2CCCC2)C(=O)/C1=C/c1ccc2c(c1)OCCO2. The highest BCUT2D eigenvalue weighted by molar-refractivity contribution is 6.31. The molecule has 0 aromatic heterocycles. The van der Waals surface area contributed by atoms with Gasteiger partial charge in [0.05, 0.1) is 0 Å². The fraction of sp³-hybridized carbons (Fsp3) is 0.389. The van der Waals surface area contributed by atoms with Gasteiger partial charge in [-0.05, 0) is 36.6 Å². The van der Waals surface area contributed by atoms with Gasteiger partial charge in [0.25, 0.3) is 11.8 Å². The third-order valence-corrected chi connectivity index (χ3v) is 4.70. The van der Waals surface area contributed by atoms with Crippen LogP contribution in [-0.2, 0) is 9.59 Å². The van der Waals surface area contributed by atoms with E-state index in [-0.39, 0.29) is 11.6 Å². The summed E-state index contributed by atoms with van der Waals surface area (Å²) >= 11 is 0. The van der Waals surface area contributed by atoms with E-state index in [0.29, 0.717) is 30.3 Å². The average Bonchev–Trinajstić information content (AvgIpc) is 3.12. The van der Waals surface area contributed by atoms with Crippen molar-refractivity contribution in [1.82, 2.24) is 10.2 Å². The van der Waals surface area contributed by atoms with Gasteiger partial charge in [0.2, 0.25) is 0 Å². The summed E-state index contributed by atoms with van der Waals surface area (Å²) in [5.41, 5.74) is 0.603. The molecule has 1 saturated carbocycles. The second-order valence-corrected chi connectivity index (χ2v) is 6.33. The fourth-order valence-corrected chi connectivity index (χ4v) is 3.48. The van der Waals surface area contributed by atoms with Crippen LogP contribution < -0.4 is 14.8 Å². The van der Waals surface area contributed by atoms with Crippen LogP contribution in [-0.4, -0.2) is 42.0 Å². The second-order valence-electron chi connectivity index (χ2n) is 6.33. The zero-order valence-corrected chi connectivity index (χ0v) is 13.6. The van der Waals surface area contributed by atoms with Crippen molar-refractivity contribution in [3.63, 3.8) is 0 Å². The molecular formula is C18H18N2O5. The Morgan fingerprint density at radius 2 is 1.76 bits per heavy atom. The van der Waals surface area contributed by atoms with Crippen molar-refractivity contribution >= 4 is 23.9 Å². The number of ether oxygens (including phenoxy) is 2. The van der Waals surface area contributed by atoms with E-state index in [1.165, 1.54) is 11.0 Å². The van der Waals surface area contributed by atoms with Crippen LogP contribution in [0.25, 0.3) is 6.08 Å². The third kappa shape index (κ3) is 2.86. The first kappa shape index (κ1) is 15.7. The van der Waals surface area contributed by atoms with Gasteiger partial charge in [0.1, 0.15) is 18.8 Å². The van der Waals surface area contributed by atoms with Gasteiger partial charge in [-0.15, -0.1) is 0 Å². The Kier molecular flexibility index (Phi) is 3.91. The minimum atomic E-state index is -0.667. The molecule has 0 spiro atoms. The van der Waals surface area contributed by atoms with Crippen molar-refractivity contribution in [1.29, 1.82) is 0 Å². The van der Waals surface area contributed by atoms with Gasteiger partial charge in [-0.25, -0.2) is 4.79 Å². The lowest BCUT2D eigenvalue weighted by Gasteiger charge is -2.31. The molecule has 130 valence electrons. The highest BCUT2D eigenvalue weighted by Gasteiger charge is 2.40. The minimum Gasteiger partial charge on any atom is -0.486 e. The van der Waals surface area contributed by atoms with E-state index in [0.717, 1.165) is 25.7 Å². The minimum absolute atomic E-state index is 0.0387. The number of carbonyl (C=O) groups excluding carboxylic acids is 3. The number of rotatable bonds is 2. The number of carbonyl (C=O) groups is 3. The van der Waals surface area contributed by atoms with E-state index in [4.69, 9.17) is 9.47 Å². The summed E-state index contributed by atoms with van der Waals surface area (Å²) < 4.78 is 11.0. The summed E-state index contributed by atoms with van der Waals surface area (Å²) in [5.74, 6) is 0.0123. The molecule has 1 aromatic rings. The molecule has 4 rings (SSSR count). The number of fused-ring (bicyclic) bond motifs is 1. The van der Waals surface area contributed by atoms with Crippen molar-refractivity contribution in [3.8, 4) is 11.5 Å². The largest absolute Gasteiger partial charge is 0.486 e. The van der Waals surface area contributed by atoms with E-state index in [1.807, 2.05) is 0 Å². The van der Waals surface area contributed by atoms with E-state index < -0.39 is 17.8 Å². The van der Waals surface area contributed by atoms with Gasteiger partial charge in [-0.3, -0.25) is 19.8 Å². The monoisotopic (exact) mass is 342 g/mol. The highest BCUT2D eigenvalue weighted by Crippen LogP contribution is 2.32. The fourth-order valence-electron chi connectivity index (χ4n) is 3.48. The molecule has 1 aromatic carbocycles. The average molecular weight is 342 g/mol. The van der Waals surface area contributed by atoms with Gasteiger partial charge in [0, 0.05) is 6.04 Å². The summed E-state index contributed by atoms with van der Waals surface area (Å²) in [7, 11) is 0. The van der Waals surface area contributed by atoms with E-state index >= 15 is 0 Å². The summed E-state index contributed by atoms with van der Waals surface area (Å²) in [6.45, 7) is 0.948. The molecule has 0 atom stereocenters. The zero-order chi connectivity index (χ0) is 17.4. The lowest BCUT2D eigenvalue weighted by atomic mass is 10.0. The number of imide groups is 2. The molecule has 25 heavy (non-hydrogen) atoms. The van der Waals surface area contributed by atoms with Crippen molar-refractivity contribution in [2.24, 2.45) is 0 Å². The van der Waals surface area contributed by atoms with Crippen LogP contribution in [0.15, 0.2) is 23.8 Å². The molecule has 1 aliphatic carbocycles. The van der Waals surface area contributed by atoms with Gasteiger partial charge in [0.15, 0.2) is 11.5 Å². The summed E-state index contributed by atoms with van der Waals surface area (Å²) in [6, 6.07) is 4.45. The van der Waals surface area contributed by atoms with Gasteiger partial charge >= 0.3 is 6.03 Å². The number of barbiturate groups is 1. The number of hydrogen-bond donors (Lipinski definition) is 1. The zero-order valence-electron chi connectivity index (χ0n) is 13.6. The molecule has 1 saturated heterocycles. The lowest BCUT2D eigenvalue weighted by molar-refractivity contribution is -0.131. The number of benzene rings is 1. The summed E-state index contributed by atoms with van der Waals surface area (Å²) in [5, 5.41) is 2.27. The molecule has 2 aliphatic heterocycles. The molecule has 0 unspecified atom stereocenters. The van der Waals surface area contributed by atoms with Gasteiger partial charge in [-0.2, -0.15) is 0 Å². The van der Waals surface area contributed by atoms with Crippen LogP contribution in [0.2, 0.25) is 0 Å². The molecule has 0 radical (unpaired) electrons. The van der Waals surface area contributed by atoms with Crippen LogP contribution in [0.4, 0.5) is 4.79 Å². The van der Waals surface area contributed by atoms with E-state index in [2.05, 4.69) is 5.32 Å². The molecule has 2 heterocycles. The number of nitrogens with one attached hydrogen (secondary N) is 1. The second kappa shape index (κ2) is 6.23. The Balaban J connectivity index is 1.65. The molecule has 3 aliphatic rings. The predicted molar refractivity (Wildman–Crippen MR) is 88.0 cm³/mol. The van der Waals surface area contributed by atoms with Crippen LogP contribution in [0.1, 0.15) is 31.2 Å².